The number of hydrogen-bond donors (Lipinski definition) is 3. The van der Waals surface area contributed by atoms with Crippen LogP contribution in [0.3, 0.4) is 0 Å². The lowest BCUT2D eigenvalue weighted by Gasteiger charge is -2.06. The fourth-order valence-corrected chi connectivity index (χ4v) is 1.87. The fourth-order valence-electron chi connectivity index (χ4n) is 1.31. The topological polar surface area (TPSA) is 119 Å². The highest BCUT2D eigenvalue weighted by atomic mass is 32.1. The van der Waals surface area contributed by atoms with Crippen molar-refractivity contribution in [2.75, 3.05) is 10.7 Å². The Morgan fingerprint density at radius 2 is 2.33 bits per heavy atom. The molecular weight excluding hydrogens is 256 g/mol. The Morgan fingerprint density at radius 1 is 1.50 bits per heavy atom. The number of pyridine rings is 1. The second kappa shape index (κ2) is 5.38. The maximum absolute atomic E-state index is 10.8. The molecule has 0 spiro atoms. The van der Waals surface area contributed by atoms with Crippen LogP contribution in [0, 0.1) is 10.1 Å². The molecule has 0 amide bonds. The number of nitro groups is 1. The summed E-state index contributed by atoms with van der Waals surface area (Å²) < 4.78 is 0. The van der Waals surface area contributed by atoms with Gasteiger partial charge in [0.15, 0.2) is 0 Å². The van der Waals surface area contributed by atoms with Gasteiger partial charge in [-0.05, 0) is 6.07 Å². The van der Waals surface area contributed by atoms with E-state index in [-0.39, 0.29) is 11.5 Å². The Kier molecular flexibility index (Phi) is 3.65. The quantitative estimate of drug-likeness (QED) is 0.424. The molecule has 18 heavy (non-hydrogen) atoms. The van der Waals surface area contributed by atoms with Crippen molar-refractivity contribution >= 4 is 28.7 Å². The van der Waals surface area contributed by atoms with Crippen LogP contribution in [0.15, 0.2) is 23.0 Å². The second-order valence-corrected chi connectivity index (χ2v) is 4.02. The normalized spacial score (nSPS) is 10.1. The summed E-state index contributed by atoms with van der Waals surface area (Å²) in [6.07, 6.45) is 0. The van der Waals surface area contributed by atoms with Crippen LogP contribution in [0.25, 0.3) is 0 Å². The first-order valence-electron chi connectivity index (χ1n) is 4.93. The summed E-state index contributed by atoms with van der Waals surface area (Å²) in [6, 6.07) is 2.78. The van der Waals surface area contributed by atoms with Crippen molar-refractivity contribution in [3.05, 3.63) is 38.8 Å². The summed E-state index contributed by atoms with van der Waals surface area (Å²) in [5.74, 6) is 5.72. The number of rotatable bonds is 5. The highest BCUT2D eigenvalue weighted by molar-refractivity contribution is 7.07. The minimum atomic E-state index is -0.503. The first-order chi connectivity index (χ1) is 8.70. The van der Waals surface area contributed by atoms with Crippen molar-refractivity contribution in [2.45, 2.75) is 6.54 Å². The van der Waals surface area contributed by atoms with Crippen LogP contribution in [0.1, 0.15) is 5.69 Å². The Hall–Kier alpha value is -2.26. The molecule has 2 rings (SSSR count). The van der Waals surface area contributed by atoms with E-state index in [2.05, 4.69) is 20.7 Å². The zero-order chi connectivity index (χ0) is 13.0. The minimum absolute atomic E-state index is 0.107. The number of nitrogens with two attached hydrogens (primary N) is 1. The zero-order valence-electron chi connectivity index (χ0n) is 9.16. The molecule has 9 heteroatoms. The molecule has 2 aromatic heterocycles. The summed E-state index contributed by atoms with van der Waals surface area (Å²) in [5, 5.41) is 15.6. The largest absolute Gasteiger partial charge is 0.359 e. The van der Waals surface area contributed by atoms with Gasteiger partial charge in [-0.25, -0.2) is 15.8 Å². The average molecular weight is 266 g/mol. The summed E-state index contributed by atoms with van der Waals surface area (Å²) >= 11 is 1.46. The summed E-state index contributed by atoms with van der Waals surface area (Å²) in [5.41, 5.74) is 4.72. The van der Waals surface area contributed by atoms with E-state index in [4.69, 9.17) is 5.84 Å². The molecule has 0 saturated heterocycles. The molecule has 0 atom stereocenters. The van der Waals surface area contributed by atoms with Crippen LogP contribution in [0.2, 0.25) is 0 Å². The molecular formula is C9H10N6O2S. The Balaban J connectivity index is 2.20. The van der Waals surface area contributed by atoms with Gasteiger partial charge >= 0.3 is 5.69 Å². The van der Waals surface area contributed by atoms with Gasteiger partial charge in [0.05, 0.1) is 22.7 Å². The van der Waals surface area contributed by atoms with E-state index in [0.29, 0.717) is 12.4 Å². The predicted octanol–water partition coefficient (Wildman–Crippen LogP) is 1.34. The van der Waals surface area contributed by atoms with Gasteiger partial charge in [-0.3, -0.25) is 10.1 Å². The molecule has 0 saturated carbocycles. The van der Waals surface area contributed by atoms with E-state index in [9.17, 15) is 10.1 Å². The number of aromatic nitrogens is 2. The maximum atomic E-state index is 10.8. The fraction of sp³-hybridized carbons (Fsp3) is 0.111. The van der Waals surface area contributed by atoms with Crippen molar-refractivity contribution in [3.63, 3.8) is 0 Å². The number of nitrogens with one attached hydrogen (secondary N) is 2. The molecule has 0 aliphatic heterocycles. The lowest BCUT2D eigenvalue weighted by Crippen LogP contribution is -2.11. The van der Waals surface area contributed by atoms with Crippen LogP contribution in [-0.2, 0) is 6.54 Å². The van der Waals surface area contributed by atoms with Gasteiger partial charge < -0.3 is 10.7 Å². The molecule has 2 heterocycles. The molecule has 8 nitrogen and oxygen atoms in total. The molecule has 0 aliphatic rings. The highest BCUT2D eigenvalue weighted by Gasteiger charge is 2.15. The van der Waals surface area contributed by atoms with Crippen LogP contribution < -0.4 is 16.6 Å². The molecule has 2 aromatic rings. The second-order valence-electron chi connectivity index (χ2n) is 3.30. The van der Waals surface area contributed by atoms with E-state index in [1.165, 1.54) is 23.5 Å². The highest BCUT2D eigenvalue weighted by Crippen LogP contribution is 2.24. The number of anilines is 2. The van der Waals surface area contributed by atoms with E-state index >= 15 is 0 Å². The third-order valence-electron chi connectivity index (χ3n) is 2.14. The predicted molar refractivity (Wildman–Crippen MR) is 68.1 cm³/mol. The van der Waals surface area contributed by atoms with E-state index in [1.807, 2.05) is 5.38 Å². The third-order valence-corrected chi connectivity index (χ3v) is 2.77. The van der Waals surface area contributed by atoms with Crippen LogP contribution >= 0.6 is 11.3 Å². The Labute approximate surface area is 106 Å². The average Bonchev–Trinajstić information content (AvgIpc) is 2.88. The monoisotopic (exact) mass is 266 g/mol. The lowest BCUT2D eigenvalue weighted by molar-refractivity contribution is -0.384. The number of hydrazine groups is 1. The van der Waals surface area contributed by atoms with Crippen LogP contribution in [0.4, 0.5) is 17.3 Å². The van der Waals surface area contributed by atoms with Gasteiger partial charge in [0.25, 0.3) is 0 Å². The SMILES string of the molecule is NNc1ccc([N+](=O)[O-])c(NCc2cscn2)n1. The maximum Gasteiger partial charge on any atom is 0.311 e. The van der Waals surface area contributed by atoms with Crippen molar-refractivity contribution < 1.29 is 4.92 Å². The van der Waals surface area contributed by atoms with Crippen molar-refractivity contribution in [2.24, 2.45) is 5.84 Å². The van der Waals surface area contributed by atoms with Crippen LogP contribution in [0.5, 0.6) is 0 Å². The van der Waals surface area contributed by atoms with Gasteiger partial charge in [0.2, 0.25) is 5.82 Å². The molecule has 0 unspecified atom stereocenters. The molecule has 0 radical (unpaired) electrons. The van der Waals surface area contributed by atoms with E-state index in [1.54, 1.807) is 5.51 Å². The number of hydrogen-bond acceptors (Lipinski definition) is 8. The molecule has 0 fully saturated rings. The zero-order valence-corrected chi connectivity index (χ0v) is 9.98. The smallest absolute Gasteiger partial charge is 0.311 e. The number of thiazole rings is 1. The van der Waals surface area contributed by atoms with Gasteiger partial charge in [0, 0.05) is 11.4 Å². The van der Waals surface area contributed by atoms with Gasteiger partial charge in [-0.2, -0.15) is 0 Å². The lowest BCUT2D eigenvalue weighted by atomic mass is 10.3. The Bertz CT molecular complexity index is 544. The third kappa shape index (κ3) is 2.70. The van der Waals surface area contributed by atoms with Gasteiger partial charge in [0.1, 0.15) is 5.82 Å². The summed E-state index contributed by atoms with van der Waals surface area (Å²) in [7, 11) is 0. The van der Waals surface area contributed by atoms with Gasteiger partial charge in [-0.1, -0.05) is 0 Å². The van der Waals surface area contributed by atoms with Crippen LogP contribution in [-0.4, -0.2) is 14.9 Å². The van der Waals surface area contributed by atoms with E-state index < -0.39 is 4.92 Å². The minimum Gasteiger partial charge on any atom is -0.359 e. The first-order valence-corrected chi connectivity index (χ1v) is 5.88. The van der Waals surface area contributed by atoms with Crippen molar-refractivity contribution in [1.82, 2.24) is 9.97 Å². The standard InChI is InChI=1S/C9H10N6O2S/c10-14-8-2-1-7(15(16)17)9(13-8)11-3-6-4-18-5-12-6/h1-2,4-5H,3,10H2,(H2,11,13,14). The molecule has 0 aromatic carbocycles. The Morgan fingerprint density at radius 3 is 2.94 bits per heavy atom. The summed E-state index contributed by atoms with van der Waals surface area (Å²) in [4.78, 5) is 18.4. The van der Waals surface area contributed by atoms with Crippen molar-refractivity contribution in [1.29, 1.82) is 0 Å². The van der Waals surface area contributed by atoms with Gasteiger partial charge in [-0.15, -0.1) is 11.3 Å². The number of nitrogens with zero attached hydrogens (tertiary/aromatic N) is 3. The van der Waals surface area contributed by atoms with Crippen molar-refractivity contribution in [3.8, 4) is 0 Å². The summed E-state index contributed by atoms with van der Waals surface area (Å²) in [6.45, 7) is 0.366. The van der Waals surface area contributed by atoms with E-state index in [0.717, 1.165) is 5.69 Å². The first kappa shape index (κ1) is 12.2. The molecule has 0 bridgehead atoms. The molecule has 94 valence electrons. The molecule has 0 aliphatic carbocycles. The number of nitrogen functional groups attached to an aromatic ring is 1. The molecule has 4 N–H and O–H groups in total.